The van der Waals surface area contributed by atoms with Gasteiger partial charge in [-0.3, -0.25) is 0 Å². The van der Waals surface area contributed by atoms with E-state index in [1.807, 2.05) is 44.3 Å². The molecule has 0 radical (unpaired) electrons. The topological polar surface area (TPSA) is 52.5 Å². The summed E-state index contributed by atoms with van der Waals surface area (Å²) in [5.74, 6) is 0.874. The lowest BCUT2D eigenvalue weighted by Crippen LogP contribution is -2.20. The van der Waals surface area contributed by atoms with Crippen LogP contribution >= 0.6 is 0 Å². The van der Waals surface area contributed by atoms with Crippen molar-refractivity contribution in [1.29, 1.82) is 0 Å². The maximum absolute atomic E-state index is 11.0. The summed E-state index contributed by atoms with van der Waals surface area (Å²) in [6.07, 6.45) is 1.73. The van der Waals surface area contributed by atoms with Crippen LogP contribution in [0.3, 0.4) is 0 Å². The molecule has 1 fully saturated rings. The van der Waals surface area contributed by atoms with Gasteiger partial charge in [0.1, 0.15) is 11.9 Å². The van der Waals surface area contributed by atoms with Crippen molar-refractivity contribution in [1.82, 2.24) is 9.88 Å². The fourth-order valence-corrected chi connectivity index (χ4v) is 2.44. The van der Waals surface area contributed by atoms with Gasteiger partial charge in [0, 0.05) is 17.1 Å². The van der Waals surface area contributed by atoms with Crippen LogP contribution in [0.1, 0.15) is 13.8 Å². The highest BCUT2D eigenvalue weighted by molar-refractivity contribution is 5.81. The number of hydrogen-bond donors (Lipinski definition) is 1. The highest BCUT2D eigenvalue weighted by Crippen LogP contribution is 2.23. The third-order valence-electron chi connectivity index (χ3n) is 3.26. The fraction of sp³-hybridized carbons (Fsp3) is 0.400. The van der Waals surface area contributed by atoms with Gasteiger partial charge in [-0.15, -0.1) is 0 Å². The number of ether oxygens (including phenoxy) is 2. The molecule has 0 spiro atoms. The van der Waals surface area contributed by atoms with Crippen molar-refractivity contribution in [3.63, 3.8) is 0 Å². The van der Waals surface area contributed by atoms with E-state index < -0.39 is 0 Å². The Kier molecular flexibility index (Phi) is 3.26. The molecule has 1 unspecified atom stereocenters. The average Bonchev–Trinajstić information content (AvgIpc) is 2.96. The van der Waals surface area contributed by atoms with Crippen LogP contribution in [0.2, 0.25) is 0 Å². The van der Waals surface area contributed by atoms with E-state index in [0.717, 1.165) is 16.7 Å². The minimum Gasteiger partial charge on any atom is -0.491 e. The van der Waals surface area contributed by atoms with Crippen LogP contribution in [0.4, 0.5) is 4.79 Å². The van der Waals surface area contributed by atoms with E-state index in [0.29, 0.717) is 13.1 Å². The van der Waals surface area contributed by atoms with Crippen LogP contribution in [-0.4, -0.2) is 29.4 Å². The van der Waals surface area contributed by atoms with Gasteiger partial charge in [0.25, 0.3) is 0 Å². The fourth-order valence-electron chi connectivity index (χ4n) is 2.44. The Bertz CT molecular complexity index is 633. The van der Waals surface area contributed by atoms with Gasteiger partial charge < -0.3 is 19.4 Å². The normalized spacial score (nSPS) is 18.4. The van der Waals surface area contributed by atoms with Gasteiger partial charge in [-0.25, -0.2) is 4.79 Å². The zero-order chi connectivity index (χ0) is 14.1. The molecular weight excluding hydrogens is 256 g/mol. The maximum atomic E-state index is 11.0. The summed E-state index contributed by atoms with van der Waals surface area (Å²) >= 11 is 0. The molecule has 3 rings (SSSR count). The van der Waals surface area contributed by atoms with E-state index in [9.17, 15) is 4.79 Å². The first-order valence-corrected chi connectivity index (χ1v) is 6.82. The quantitative estimate of drug-likeness (QED) is 0.932. The number of alkyl carbamates (subject to hydrolysis) is 1. The van der Waals surface area contributed by atoms with Crippen molar-refractivity contribution in [2.75, 3.05) is 6.54 Å². The molecule has 0 aliphatic carbocycles. The van der Waals surface area contributed by atoms with E-state index in [1.165, 1.54) is 0 Å². The Morgan fingerprint density at radius 3 is 3.00 bits per heavy atom. The number of cyclic esters (lactones) is 1. The second kappa shape index (κ2) is 5.07. The highest BCUT2D eigenvalue weighted by Gasteiger charge is 2.23. The largest absolute Gasteiger partial charge is 0.491 e. The van der Waals surface area contributed by atoms with Crippen molar-refractivity contribution in [3.8, 4) is 5.75 Å². The number of amides is 1. The van der Waals surface area contributed by atoms with Gasteiger partial charge in [0.2, 0.25) is 0 Å². The molecule has 106 valence electrons. The minimum absolute atomic E-state index is 0.107. The van der Waals surface area contributed by atoms with Crippen LogP contribution in [0.25, 0.3) is 10.9 Å². The van der Waals surface area contributed by atoms with Gasteiger partial charge in [-0.2, -0.15) is 0 Å². The monoisotopic (exact) mass is 274 g/mol. The molecule has 5 heteroatoms. The van der Waals surface area contributed by atoms with Gasteiger partial charge in [-0.05, 0) is 38.1 Å². The third kappa shape index (κ3) is 2.57. The maximum Gasteiger partial charge on any atom is 0.407 e. The second-order valence-corrected chi connectivity index (χ2v) is 5.26. The molecule has 1 amide bonds. The lowest BCUT2D eigenvalue weighted by Gasteiger charge is -2.12. The van der Waals surface area contributed by atoms with Gasteiger partial charge >= 0.3 is 6.09 Å². The SMILES string of the molecule is CC(C)Oc1ccc2c(ccn2CC2CNC(=O)O2)c1. The minimum atomic E-state index is -0.334. The number of nitrogens with zero attached hydrogens (tertiary/aromatic N) is 1. The van der Waals surface area contributed by atoms with Crippen molar-refractivity contribution in [2.45, 2.75) is 32.6 Å². The number of carbonyl (C=O) groups excluding carboxylic acids is 1. The smallest absolute Gasteiger partial charge is 0.407 e. The average molecular weight is 274 g/mol. The first-order chi connectivity index (χ1) is 9.61. The molecule has 1 saturated heterocycles. The lowest BCUT2D eigenvalue weighted by molar-refractivity contribution is 0.131. The van der Waals surface area contributed by atoms with Gasteiger partial charge in [0.05, 0.1) is 19.2 Å². The van der Waals surface area contributed by atoms with Crippen LogP contribution in [0, 0.1) is 0 Å². The van der Waals surface area contributed by atoms with E-state index in [-0.39, 0.29) is 18.3 Å². The molecule has 20 heavy (non-hydrogen) atoms. The van der Waals surface area contributed by atoms with E-state index in [4.69, 9.17) is 9.47 Å². The molecule has 1 aliphatic heterocycles. The van der Waals surface area contributed by atoms with Crippen LogP contribution in [-0.2, 0) is 11.3 Å². The summed E-state index contributed by atoms with van der Waals surface area (Å²) in [7, 11) is 0. The zero-order valence-corrected chi connectivity index (χ0v) is 11.6. The zero-order valence-electron chi connectivity index (χ0n) is 11.6. The summed E-state index contributed by atoms with van der Waals surface area (Å²) in [5.41, 5.74) is 1.11. The van der Waals surface area contributed by atoms with Gasteiger partial charge in [0.15, 0.2) is 0 Å². The predicted octanol–water partition coefficient (Wildman–Crippen LogP) is 2.54. The van der Waals surface area contributed by atoms with Crippen LogP contribution in [0.5, 0.6) is 5.75 Å². The molecule has 1 aromatic heterocycles. The molecule has 2 aromatic rings. The molecular formula is C15H18N2O3. The summed E-state index contributed by atoms with van der Waals surface area (Å²) < 4.78 is 13.0. The number of rotatable bonds is 4. The molecule has 1 aromatic carbocycles. The molecule has 1 N–H and O–H groups in total. The van der Waals surface area contributed by atoms with Crippen molar-refractivity contribution in [3.05, 3.63) is 30.5 Å². The lowest BCUT2D eigenvalue weighted by atomic mass is 10.2. The summed E-state index contributed by atoms with van der Waals surface area (Å²) in [5, 5.41) is 3.79. The third-order valence-corrected chi connectivity index (χ3v) is 3.26. The number of carbonyl (C=O) groups is 1. The molecule has 1 atom stereocenters. The van der Waals surface area contributed by atoms with Crippen molar-refractivity contribution < 1.29 is 14.3 Å². The van der Waals surface area contributed by atoms with E-state index >= 15 is 0 Å². The van der Waals surface area contributed by atoms with Crippen molar-refractivity contribution >= 4 is 17.0 Å². The van der Waals surface area contributed by atoms with Crippen LogP contribution < -0.4 is 10.1 Å². The number of fused-ring (bicyclic) bond motifs is 1. The molecule has 2 heterocycles. The first-order valence-electron chi connectivity index (χ1n) is 6.82. The number of hydrogen-bond acceptors (Lipinski definition) is 3. The Hall–Kier alpha value is -2.17. The summed E-state index contributed by atoms with van der Waals surface area (Å²) in [6.45, 7) is 5.24. The number of nitrogens with one attached hydrogen (secondary N) is 1. The predicted molar refractivity (Wildman–Crippen MR) is 76.0 cm³/mol. The molecule has 1 aliphatic rings. The number of aromatic nitrogens is 1. The van der Waals surface area contributed by atoms with Crippen molar-refractivity contribution in [2.24, 2.45) is 0 Å². The Morgan fingerprint density at radius 2 is 2.30 bits per heavy atom. The van der Waals surface area contributed by atoms with E-state index in [1.54, 1.807) is 0 Å². The molecule has 0 saturated carbocycles. The number of benzene rings is 1. The molecule has 5 nitrogen and oxygen atoms in total. The standard InChI is InChI=1S/C15H18N2O3/c1-10(2)19-12-3-4-14-11(7-12)5-6-17(14)9-13-8-16-15(18)20-13/h3-7,10,13H,8-9H2,1-2H3,(H,16,18). The van der Waals surface area contributed by atoms with Gasteiger partial charge in [-0.1, -0.05) is 0 Å². The summed E-state index contributed by atoms with van der Waals surface area (Å²) in [6, 6.07) is 8.09. The van der Waals surface area contributed by atoms with E-state index in [2.05, 4.69) is 9.88 Å². The Morgan fingerprint density at radius 1 is 1.45 bits per heavy atom. The Balaban J connectivity index is 1.80. The first kappa shape index (κ1) is 12.8. The second-order valence-electron chi connectivity index (χ2n) is 5.26. The Labute approximate surface area is 117 Å². The highest BCUT2D eigenvalue weighted by atomic mass is 16.6. The molecule has 0 bridgehead atoms. The summed E-state index contributed by atoms with van der Waals surface area (Å²) in [4.78, 5) is 11.0. The van der Waals surface area contributed by atoms with Crippen LogP contribution in [0.15, 0.2) is 30.5 Å².